The Balaban J connectivity index is 1.67. The molecule has 1 aliphatic heterocycles. The van der Waals surface area contributed by atoms with E-state index in [9.17, 15) is 19.2 Å². The molecule has 8 heteroatoms. The van der Waals surface area contributed by atoms with Crippen molar-refractivity contribution in [2.24, 2.45) is 17.6 Å². The van der Waals surface area contributed by atoms with E-state index in [-0.39, 0.29) is 5.92 Å². The Morgan fingerprint density at radius 3 is 2.38 bits per heavy atom. The molecule has 4 amide bonds. The summed E-state index contributed by atoms with van der Waals surface area (Å²) in [4.78, 5) is 53.8. The van der Waals surface area contributed by atoms with E-state index >= 15 is 0 Å². The van der Waals surface area contributed by atoms with Crippen molar-refractivity contribution in [2.45, 2.75) is 52.5 Å². The van der Waals surface area contributed by atoms with Gasteiger partial charge in [-0.25, -0.2) is 0 Å². The Morgan fingerprint density at radius 2 is 1.81 bits per heavy atom. The Morgan fingerprint density at radius 1 is 1.19 bits per heavy atom. The molecule has 0 saturated heterocycles. The number of hydrogen-bond acceptors (Lipinski definition) is 5. The lowest BCUT2D eigenvalue weighted by atomic mass is 9.88. The molecule has 0 bridgehead atoms. The molecule has 1 aliphatic carbocycles. The number of anilines is 1. The van der Waals surface area contributed by atoms with Gasteiger partial charge in [0.25, 0.3) is 17.7 Å². The minimum Gasteiger partial charge on any atom is -0.365 e. The normalized spacial score (nSPS) is 18.5. The maximum Gasteiger partial charge on any atom is 0.262 e. The van der Waals surface area contributed by atoms with Crippen molar-refractivity contribution < 1.29 is 19.2 Å². The van der Waals surface area contributed by atoms with Crippen molar-refractivity contribution in [1.82, 2.24) is 4.90 Å². The molecule has 7 nitrogen and oxygen atoms in total. The number of fused-ring (bicyclic) bond motifs is 2. The number of rotatable bonds is 6. The number of nitrogens with two attached hydrogens (primary N) is 1. The largest absolute Gasteiger partial charge is 0.365 e. The van der Waals surface area contributed by atoms with Crippen LogP contribution in [0.5, 0.6) is 0 Å². The molecule has 0 spiro atoms. The number of amides is 4. The van der Waals surface area contributed by atoms with Crippen LogP contribution in [-0.4, -0.2) is 34.6 Å². The highest BCUT2D eigenvalue weighted by Crippen LogP contribution is 2.40. The van der Waals surface area contributed by atoms with E-state index in [0.29, 0.717) is 34.0 Å². The zero-order valence-corrected chi connectivity index (χ0v) is 19.3. The lowest BCUT2D eigenvalue weighted by Crippen LogP contribution is -2.48. The molecule has 0 radical (unpaired) electrons. The first-order chi connectivity index (χ1) is 15.2. The van der Waals surface area contributed by atoms with Crippen LogP contribution in [0.25, 0.3) is 0 Å². The Kier molecular flexibility index (Phi) is 5.90. The van der Waals surface area contributed by atoms with Crippen molar-refractivity contribution in [3.05, 3.63) is 51.4 Å². The van der Waals surface area contributed by atoms with Gasteiger partial charge in [0, 0.05) is 4.88 Å². The van der Waals surface area contributed by atoms with Crippen LogP contribution in [0.2, 0.25) is 0 Å². The molecule has 2 aromatic rings. The molecule has 2 atom stereocenters. The van der Waals surface area contributed by atoms with Gasteiger partial charge in [0.05, 0.1) is 16.7 Å². The third kappa shape index (κ3) is 3.83. The maximum atomic E-state index is 13.4. The minimum atomic E-state index is -0.985. The number of carbonyl (C=O) groups is 4. The van der Waals surface area contributed by atoms with E-state index in [1.807, 2.05) is 13.8 Å². The molecule has 2 heterocycles. The quantitative estimate of drug-likeness (QED) is 0.651. The first kappa shape index (κ1) is 22.2. The molecule has 1 aromatic carbocycles. The number of primary amides is 1. The number of benzene rings is 1. The number of nitrogens with zero attached hydrogens (tertiary/aromatic N) is 1. The van der Waals surface area contributed by atoms with Crippen LogP contribution >= 0.6 is 11.3 Å². The summed E-state index contributed by atoms with van der Waals surface area (Å²) in [5.74, 6) is -1.45. The molecule has 0 saturated carbocycles. The Hall–Kier alpha value is -3.00. The molecule has 2 unspecified atom stereocenters. The minimum absolute atomic E-state index is 0.0584. The molecule has 2 aliphatic rings. The van der Waals surface area contributed by atoms with E-state index in [0.717, 1.165) is 34.6 Å². The Bertz CT molecular complexity index is 1090. The standard InChI is InChI=1S/C24H27N3O4S/c1-12(2)10-17(27-23(30)14-6-4-5-7-15(14)24(27)31)21(29)26-22-19(20(25)28)16-9-8-13(3)11-18(16)32-22/h4-7,12-13,17H,8-11H2,1-3H3,(H2,25,28)(H,26,29). The third-order valence-electron chi connectivity index (χ3n) is 6.13. The Labute approximate surface area is 191 Å². The molecule has 4 rings (SSSR count). The van der Waals surface area contributed by atoms with Gasteiger partial charge >= 0.3 is 0 Å². The van der Waals surface area contributed by atoms with Crippen molar-refractivity contribution in [3.8, 4) is 0 Å². The highest BCUT2D eigenvalue weighted by molar-refractivity contribution is 7.17. The van der Waals surface area contributed by atoms with E-state index in [1.54, 1.807) is 24.3 Å². The zero-order chi connectivity index (χ0) is 23.2. The summed E-state index contributed by atoms with van der Waals surface area (Å²) in [5.41, 5.74) is 7.55. The van der Waals surface area contributed by atoms with E-state index in [4.69, 9.17) is 5.73 Å². The lowest BCUT2D eigenvalue weighted by Gasteiger charge is -2.26. The van der Waals surface area contributed by atoms with Gasteiger partial charge in [-0.1, -0.05) is 32.9 Å². The van der Waals surface area contributed by atoms with Gasteiger partial charge < -0.3 is 11.1 Å². The topological polar surface area (TPSA) is 110 Å². The highest BCUT2D eigenvalue weighted by Gasteiger charge is 2.43. The number of imide groups is 1. The summed E-state index contributed by atoms with van der Waals surface area (Å²) in [6.07, 6.45) is 2.85. The summed E-state index contributed by atoms with van der Waals surface area (Å²) >= 11 is 1.37. The van der Waals surface area contributed by atoms with Gasteiger partial charge in [-0.15, -0.1) is 11.3 Å². The second-order valence-corrected chi connectivity index (χ2v) is 10.2. The zero-order valence-electron chi connectivity index (χ0n) is 18.4. The average molecular weight is 454 g/mol. The van der Waals surface area contributed by atoms with Gasteiger partial charge in [0.2, 0.25) is 5.91 Å². The van der Waals surface area contributed by atoms with Crippen molar-refractivity contribution in [2.75, 3.05) is 5.32 Å². The van der Waals surface area contributed by atoms with Gasteiger partial charge in [-0.2, -0.15) is 0 Å². The molecular formula is C24H27N3O4S. The number of thiophene rings is 1. The monoisotopic (exact) mass is 453 g/mol. The van der Waals surface area contributed by atoms with Crippen LogP contribution in [0, 0.1) is 11.8 Å². The average Bonchev–Trinajstić information content (AvgIpc) is 3.20. The van der Waals surface area contributed by atoms with Gasteiger partial charge in [0.15, 0.2) is 0 Å². The fraction of sp³-hybridized carbons (Fsp3) is 0.417. The van der Waals surface area contributed by atoms with E-state index in [2.05, 4.69) is 12.2 Å². The second-order valence-electron chi connectivity index (χ2n) is 9.08. The van der Waals surface area contributed by atoms with Crippen LogP contribution in [0.15, 0.2) is 24.3 Å². The predicted molar refractivity (Wildman–Crippen MR) is 123 cm³/mol. The highest BCUT2D eigenvalue weighted by atomic mass is 32.1. The van der Waals surface area contributed by atoms with E-state index in [1.165, 1.54) is 11.3 Å². The van der Waals surface area contributed by atoms with Crippen LogP contribution in [0.1, 0.15) is 75.1 Å². The second kappa shape index (κ2) is 8.50. The number of carbonyl (C=O) groups excluding carboxylic acids is 4. The molecule has 0 fully saturated rings. The maximum absolute atomic E-state index is 13.4. The summed E-state index contributed by atoms with van der Waals surface area (Å²) in [6.45, 7) is 6.02. The number of nitrogens with one attached hydrogen (secondary N) is 1. The van der Waals surface area contributed by atoms with Crippen LogP contribution in [0.4, 0.5) is 5.00 Å². The summed E-state index contributed by atoms with van der Waals surface area (Å²) in [5, 5.41) is 3.26. The summed E-state index contributed by atoms with van der Waals surface area (Å²) < 4.78 is 0. The molecule has 3 N–H and O–H groups in total. The lowest BCUT2D eigenvalue weighted by molar-refractivity contribution is -0.120. The van der Waals surface area contributed by atoms with Crippen molar-refractivity contribution >= 4 is 40.0 Å². The van der Waals surface area contributed by atoms with E-state index < -0.39 is 29.7 Å². The van der Waals surface area contributed by atoms with Gasteiger partial charge in [0.1, 0.15) is 11.0 Å². The van der Waals surface area contributed by atoms with Crippen molar-refractivity contribution in [1.29, 1.82) is 0 Å². The smallest absolute Gasteiger partial charge is 0.262 e. The van der Waals surface area contributed by atoms with Gasteiger partial charge in [-0.05, 0) is 55.2 Å². The summed E-state index contributed by atoms with van der Waals surface area (Å²) in [7, 11) is 0. The molecule has 168 valence electrons. The number of hydrogen-bond donors (Lipinski definition) is 2. The fourth-order valence-electron chi connectivity index (χ4n) is 4.56. The van der Waals surface area contributed by atoms with Crippen LogP contribution in [0.3, 0.4) is 0 Å². The SMILES string of the molecule is CC(C)CC(C(=O)Nc1sc2c(c1C(N)=O)CCC(C)C2)N1C(=O)c2ccccc2C1=O. The molecule has 1 aromatic heterocycles. The predicted octanol–water partition coefficient (Wildman–Crippen LogP) is 3.62. The fourth-order valence-corrected chi connectivity index (χ4v) is 5.98. The summed E-state index contributed by atoms with van der Waals surface area (Å²) in [6, 6.07) is 5.60. The molecule has 32 heavy (non-hydrogen) atoms. The van der Waals surface area contributed by atoms with Crippen molar-refractivity contribution in [3.63, 3.8) is 0 Å². The first-order valence-corrected chi connectivity index (χ1v) is 11.7. The van der Waals surface area contributed by atoms with Crippen LogP contribution in [-0.2, 0) is 17.6 Å². The third-order valence-corrected chi connectivity index (χ3v) is 7.30. The molecular weight excluding hydrogens is 426 g/mol. The van der Waals surface area contributed by atoms with Crippen LogP contribution < -0.4 is 11.1 Å². The first-order valence-electron chi connectivity index (χ1n) is 10.9. The van der Waals surface area contributed by atoms with Gasteiger partial charge in [-0.3, -0.25) is 24.1 Å².